The molecule has 0 saturated carbocycles. The smallest absolute Gasteiger partial charge is 0.118 e. The van der Waals surface area contributed by atoms with Crippen LogP contribution in [0.2, 0.25) is 0 Å². The minimum absolute atomic E-state index is 0.683. The quantitative estimate of drug-likeness (QED) is 0.822. The van der Waals surface area contributed by atoms with Crippen molar-refractivity contribution < 1.29 is 4.42 Å². The van der Waals surface area contributed by atoms with Gasteiger partial charge in [-0.05, 0) is 62.9 Å². The topological polar surface area (TPSA) is 28.4 Å². The Morgan fingerprint density at radius 2 is 2.05 bits per heavy atom. The maximum atomic E-state index is 5.96. The van der Waals surface area contributed by atoms with E-state index in [-0.39, 0.29) is 0 Å². The summed E-state index contributed by atoms with van der Waals surface area (Å²) in [6.45, 7) is 12.1. The maximum Gasteiger partial charge on any atom is 0.118 e. The SMILES string of the molecule is CCC1CCCN(Cc2ccc(CNCC(C)C)o2)CC1. The fraction of sp³-hybridized carbons (Fsp3) is 0.778. The highest BCUT2D eigenvalue weighted by molar-refractivity contribution is 5.07. The maximum absolute atomic E-state index is 5.96. The van der Waals surface area contributed by atoms with E-state index in [0.29, 0.717) is 5.92 Å². The number of hydrogen-bond acceptors (Lipinski definition) is 3. The summed E-state index contributed by atoms with van der Waals surface area (Å²) in [6, 6.07) is 4.27. The van der Waals surface area contributed by atoms with Crippen LogP contribution in [0.1, 0.15) is 58.0 Å². The van der Waals surface area contributed by atoms with E-state index in [4.69, 9.17) is 4.42 Å². The summed E-state index contributed by atoms with van der Waals surface area (Å²) < 4.78 is 5.96. The first kappa shape index (κ1) is 16.6. The van der Waals surface area contributed by atoms with E-state index in [1.807, 2.05) is 0 Å². The number of rotatable bonds is 7. The Bertz CT molecular complexity index is 400. The lowest BCUT2D eigenvalue weighted by Gasteiger charge is -2.18. The van der Waals surface area contributed by atoms with Crippen LogP contribution in [-0.2, 0) is 13.1 Å². The summed E-state index contributed by atoms with van der Waals surface area (Å²) in [5.74, 6) is 3.80. The van der Waals surface area contributed by atoms with Gasteiger partial charge >= 0.3 is 0 Å². The Morgan fingerprint density at radius 3 is 2.81 bits per heavy atom. The molecule has 120 valence electrons. The third-order valence-corrected chi connectivity index (χ3v) is 4.47. The first-order valence-corrected chi connectivity index (χ1v) is 8.68. The van der Waals surface area contributed by atoms with Crippen LogP contribution >= 0.6 is 0 Å². The normalized spacial score (nSPS) is 20.9. The van der Waals surface area contributed by atoms with Crippen molar-refractivity contribution in [2.45, 2.75) is 59.5 Å². The van der Waals surface area contributed by atoms with Crippen molar-refractivity contribution in [3.05, 3.63) is 23.7 Å². The zero-order chi connectivity index (χ0) is 15.1. The summed E-state index contributed by atoms with van der Waals surface area (Å²) >= 11 is 0. The Balaban J connectivity index is 1.76. The van der Waals surface area contributed by atoms with Gasteiger partial charge in [-0.15, -0.1) is 0 Å². The Labute approximate surface area is 130 Å². The van der Waals surface area contributed by atoms with Crippen LogP contribution in [-0.4, -0.2) is 24.5 Å². The van der Waals surface area contributed by atoms with Gasteiger partial charge in [-0.2, -0.15) is 0 Å². The summed E-state index contributed by atoms with van der Waals surface area (Å²) in [4.78, 5) is 2.56. The number of nitrogens with zero attached hydrogens (tertiary/aromatic N) is 1. The summed E-state index contributed by atoms with van der Waals surface area (Å²) in [5, 5.41) is 3.43. The van der Waals surface area contributed by atoms with Gasteiger partial charge in [0.2, 0.25) is 0 Å². The van der Waals surface area contributed by atoms with Crippen molar-refractivity contribution in [2.24, 2.45) is 11.8 Å². The molecule has 21 heavy (non-hydrogen) atoms. The van der Waals surface area contributed by atoms with E-state index in [2.05, 4.69) is 43.1 Å². The number of hydrogen-bond donors (Lipinski definition) is 1. The van der Waals surface area contributed by atoms with Crippen molar-refractivity contribution in [1.29, 1.82) is 0 Å². The van der Waals surface area contributed by atoms with Gasteiger partial charge in [0.15, 0.2) is 0 Å². The van der Waals surface area contributed by atoms with Gasteiger partial charge in [-0.3, -0.25) is 4.90 Å². The van der Waals surface area contributed by atoms with Gasteiger partial charge < -0.3 is 9.73 Å². The zero-order valence-corrected chi connectivity index (χ0v) is 14.0. The van der Waals surface area contributed by atoms with E-state index in [0.717, 1.165) is 37.1 Å². The van der Waals surface area contributed by atoms with E-state index >= 15 is 0 Å². The number of likely N-dealkylation sites (tertiary alicyclic amines) is 1. The van der Waals surface area contributed by atoms with E-state index in [1.165, 1.54) is 38.8 Å². The largest absolute Gasteiger partial charge is 0.463 e. The minimum Gasteiger partial charge on any atom is -0.463 e. The lowest BCUT2D eigenvalue weighted by molar-refractivity contribution is 0.246. The molecule has 1 aromatic heterocycles. The van der Waals surface area contributed by atoms with Crippen LogP contribution in [0.15, 0.2) is 16.5 Å². The molecule has 3 heteroatoms. The molecule has 2 rings (SSSR count). The first-order valence-electron chi connectivity index (χ1n) is 8.68. The molecule has 0 amide bonds. The molecule has 1 aliphatic rings. The predicted octanol–water partition coefficient (Wildman–Crippen LogP) is 4.04. The Kier molecular flexibility index (Phi) is 6.78. The fourth-order valence-electron chi connectivity index (χ4n) is 3.10. The summed E-state index contributed by atoms with van der Waals surface area (Å²) in [6.07, 6.45) is 5.41. The minimum atomic E-state index is 0.683. The second kappa shape index (κ2) is 8.60. The second-order valence-corrected chi connectivity index (χ2v) is 6.87. The average Bonchev–Trinajstić information content (AvgIpc) is 2.76. The van der Waals surface area contributed by atoms with Crippen molar-refractivity contribution >= 4 is 0 Å². The van der Waals surface area contributed by atoms with E-state index < -0.39 is 0 Å². The summed E-state index contributed by atoms with van der Waals surface area (Å²) in [7, 11) is 0. The molecule has 1 atom stereocenters. The molecule has 1 aromatic rings. The van der Waals surface area contributed by atoms with Crippen LogP contribution in [0.5, 0.6) is 0 Å². The van der Waals surface area contributed by atoms with Gasteiger partial charge in [0.25, 0.3) is 0 Å². The van der Waals surface area contributed by atoms with E-state index in [9.17, 15) is 0 Å². The molecule has 1 aliphatic heterocycles. The van der Waals surface area contributed by atoms with Gasteiger partial charge in [0, 0.05) is 0 Å². The second-order valence-electron chi connectivity index (χ2n) is 6.87. The molecule has 0 aliphatic carbocycles. The average molecular weight is 292 g/mol. The third kappa shape index (κ3) is 5.84. The molecule has 1 fully saturated rings. The molecular formula is C18H32N2O. The van der Waals surface area contributed by atoms with Gasteiger partial charge in [0.1, 0.15) is 11.5 Å². The molecule has 0 bridgehead atoms. The number of furan rings is 1. The highest BCUT2D eigenvalue weighted by Crippen LogP contribution is 2.21. The lowest BCUT2D eigenvalue weighted by Crippen LogP contribution is -2.24. The van der Waals surface area contributed by atoms with Crippen LogP contribution in [0.3, 0.4) is 0 Å². The molecule has 0 radical (unpaired) electrons. The van der Waals surface area contributed by atoms with Gasteiger partial charge in [-0.1, -0.05) is 27.2 Å². The first-order chi connectivity index (χ1) is 10.2. The van der Waals surface area contributed by atoms with Crippen molar-refractivity contribution in [1.82, 2.24) is 10.2 Å². The molecule has 2 heterocycles. The van der Waals surface area contributed by atoms with Crippen molar-refractivity contribution in [2.75, 3.05) is 19.6 Å². The van der Waals surface area contributed by atoms with Gasteiger partial charge in [0.05, 0.1) is 13.1 Å². The standard InChI is InChI=1S/C18H32N2O/c1-4-16-6-5-10-20(11-9-16)14-18-8-7-17(21-18)13-19-12-15(2)3/h7-8,15-16,19H,4-6,9-14H2,1-3H3. The third-order valence-electron chi connectivity index (χ3n) is 4.47. The zero-order valence-electron chi connectivity index (χ0n) is 14.0. The Morgan fingerprint density at radius 1 is 1.24 bits per heavy atom. The van der Waals surface area contributed by atoms with Crippen LogP contribution in [0, 0.1) is 11.8 Å². The van der Waals surface area contributed by atoms with Crippen molar-refractivity contribution in [3.63, 3.8) is 0 Å². The van der Waals surface area contributed by atoms with Crippen LogP contribution < -0.4 is 5.32 Å². The fourth-order valence-corrected chi connectivity index (χ4v) is 3.10. The van der Waals surface area contributed by atoms with E-state index in [1.54, 1.807) is 0 Å². The predicted molar refractivity (Wildman–Crippen MR) is 88.2 cm³/mol. The molecule has 1 N–H and O–H groups in total. The Hall–Kier alpha value is -0.800. The molecule has 1 saturated heterocycles. The summed E-state index contributed by atoms with van der Waals surface area (Å²) in [5.41, 5.74) is 0. The van der Waals surface area contributed by atoms with Crippen LogP contribution in [0.4, 0.5) is 0 Å². The monoisotopic (exact) mass is 292 g/mol. The van der Waals surface area contributed by atoms with Crippen LogP contribution in [0.25, 0.3) is 0 Å². The highest BCUT2D eigenvalue weighted by Gasteiger charge is 2.16. The lowest BCUT2D eigenvalue weighted by atomic mass is 9.98. The molecule has 1 unspecified atom stereocenters. The molecular weight excluding hydrogens is 260 g/mol. The van der Waals surface area contributed by atoms with Crippen molar-refractivity contribution in [3.8, 4) is 0 Å². The molecule has 0 aromatic carbocycles. The van der Waals surface area contributed by atoms with Gasteiger partial charge in [-0.25, -0.2) is 0 Å². The molecule has 0 spiro atoms. The number of nitrogens with one attached hydrogen (secondary N) is 1. The highest BCUT2D eigenvalue weighted by atomic mass is 16.3. The molecule has 3 nitrogen and oxygen atoms in total.